The average molecular weight is 392 g/mol. The summed E-state index contributed by atoms with van der Waals surface area (Å²) in [5.74, 6) is -1.24. The van der Waals surface area contributed by atoms with E-state index in [0.29, 0.717) is 5.69 Å². The number of allylic oxidation sites excluding steroid dienone is 2. The van der Waals surface area contributed by atoms with E-state index in [4.69, 9.17) is 0 Å². The summed E-state index contributed by atoms with van der Waals surface area (Å²) in [7, 11) is 0. The molecule has 1 saturated carbocycles. The van der Waals surface area contributed by atoms with Gasteiger partial charge in [0.2, 0.25) is 11.8 Å². The SMILES string of the molecule is O=C(Nc1c[nH]c(=O)[nH]c1=O)c1ccc(N2C(=O)[C@H]3[C@H](C2=O)[C@H]2C=C[C@H]3C2)cc1. The van der Waals surface area contributed by atoms with Gasteiger partial charge in [0, 0.05) is 11.8 Å². The molecular weight excluding hydrogens is 376 g/mol. The molecule has 2 aliphatic carbocycles. The highest BCUT2D eigenvalue weighted by Crippen LogP contribution is 2.53. The van der Waals surface area contributed by atoms with Crippen molar-refractivity contribution in [2.75, 3.05) is 10.2 Å². The number of nitrogens with zero attached hydrogens (tertiary/aromatic N) is 1. The van der Waals surface area contributed by atoms with Crippen LogP contribution in [0.1, 0.15) is 16.8 Å². The average Bonchev–Trinajstić information content (AvgIpc) is 3.38. The molecule has 0 spiro atoms. The Balaban J connectivity index is 1.36. The first-order valence-electron chi connectivity index (χ1n) is 9.23. The van der Waals surface area contributed by atoms with Gasteiger partial charge < -0.3 is 10.3 Å². The molecule has 3 aliphatic rings. The minimum atomic E-state index is -0.721. The van der Waals surface area contributed by atoms with Gasteiger partial charge >= 0.3 is 5.69 Å². The number of benzene rings is 1. The minimum Gasteiger partial charge on any atom is -0.316 e. The van der Waals surface area contributed by atoms with Gasteiger partial charge in [-0.3, -0.25) is 29.1 Å². The summed E-state index contributed by atoms with van der Waals surface area (Å²) in [6.07, 6.45) is 6.04. The Hall–Kier alpha value is -3.75. The molecule has 4 atom stereocenters. The molecular formula is C20H16N4O5. The van der Waals surface area contributed by atoms with Crippen molar-refractivity contribution in [3.8, 4) is 0 Å². The van der Waals surface area contributed by atoms with Crippen LogP contribution in [-0.2, 0) is 9.59 Å². The maximum absolute atomic E-state index is 12.8. The maximum Gasteiger partial charge on any atom is 0.325 e. The fraction of sp³-hybridized carbons (Fsp3) is 0.250. The summed E-state index contributed by atoms with van der Waals surface area (Å²) in [5, 5.41) is 2.40. The molecule has 2 heterocycles. The molecule has 3 N–H and O–H groups in total. The highest BCUT2D eigenvalue weighted by atomic mass is 16.2. The summed E-state index contributed by atoms with van der Waals surface area (Å²) in [6, 6.07) is 6.04. The molecule has 1 saturated heterocycles. The summed E-state index contributed by atoms with van der Waals surface area (Å²) in [6.45, 7) is 0. The molecule has 9 nitrogen and oxygen atoms in total. The summed E-state index contributed by atoms with van der Waals surface area (Å²) >= 11 is 0. The highest BCUT2D eigenvalue weighted by molar-refractivity contribution is 6.23. The first kappa shape index (κ1) is 17.4. The standard InChI is InChI=1S/C20H16N4O5/c25-16(22-13-8-21-20(29)23-17(13)26)9-3-5-12(6-4-9)24-18(27)14-10-1-2-11(7-10)15(14)19(24)28/h1-6,8,10-11,14-15H,7H2,(H,22,25)(H2,21,23,26,29)/t10-,11-,14+,15+/m0/s1. The van der Waals surface area contributed by atoms with Crippen LogP contribution < -0.4 is 21.5 Å². The third-order valence-electron chi connectivity index (χ3n) is 5.93. The molecule has 2 aromatic rings. The van der Waals surface area contributed by atoms with E-state index in [-0.39, 0.29) is 46.7 Å². The van der Waals surface area contributed by atoms with Crippen molar-refractivity contribution >= 4 is 29.1 Å². The monoisotopic (exact) mass is 392 g/mol. The molecule has 1 aliphatic heterocycles. The van der Waals surface area contributed by atoms with Crippen LogP contribution in [0.2, 0.25) is 0 Å². The molecule has 1 aromatic heterocycles. The Morgan fingerprint density at radius 1 is 0.966 bits per heavy atom. The van der Waals surface area contributed by atoms with Crippen molar-refractivity contribution in [1.82, 2.24) is 9.97 Å². The lowest BCUT2D eigenvalue weighted by atomic mass is 9.85. The quantitative estimate of drug-likeness (QED) is 0.521. The molecule has 29 heavy (non-hydrogen) atoms. The van der Waals surface area contributed by atoms with E-state index < -0.39 is 17.2 Å². The second kappa shape index (κ2) is 6.13. The number of carbonyl (C=O) groups excluding carboxylic acids is 3. The zero-order valence-corrected chi connectivity index (χ0v) is 15.0. The van der Waals surface area contributed by atoms with Crippen molar-refractivity contribution in [1.29, 1.82) is 0 Å². The van der Waals surface area contributed by atoms with E-state index in [9.17, 15) is 24.0 Å². The zero-order chi connectivity index (χ0) is 20.3. The van der Waals surface area contributed by atoms with Gasteiger partial charge in [-0.1, -0.05) is 12.2 Å². The van der Waals surface area contributed by atoms with Gasteiger partial charge in [-0.15, -0.1) is 0 Å². The molecule has 5 rings (SSSR count). The van der Waals surface area contributed by atoms with Crippen molar-refractivity contribution in [3.05, 3.63) is 69.0 Å². The van der Waals surface area contributed by atoms with Crippen LogP contribution in [0.15, 0.2) is 52.2 Å². The van der Waals surface area contributed by atoms with E-state index in [1.165, 1.54) is 29.2 Å². The van der Waals surface area contributed by atoms with Gasteiger partial charge in [0.1, 0.15) is 5.69 Å². The van der Waals surface area contributed by atoms with Crippen LogP contribution in [0, 0.1) is 23.7 Å². The van der Waals surface area contributed by atoms with E-state index in [1.807, 2.05) is 17.1 Å². The number of hydrogen-bond acceptors (Lipinski definition) is 5. The van der Waals surface area contributed by atoms with Crippen LogP contribution in [0.25, 0.3) is 0 Å². The van der Waals surface area contributed by atoms with Gasteiger partial charge in [-0.2, -0.15) is 0 Å². The normalized spacial score (nSPS) is 26.8. The number of anilines is 2. The lowest BCUT2D eigenvalue weighted by molar-refractivity contribution is -0.123. The number of H-pyrrole nitrogens is 2. The van der Waals surface area contributed by atoms with Crippen LogP contribution in [-0.4, -0.2) is 27.7 Å². The van der Waals surface area contributed by atoms with Crippen molar-refractivity contribution in [2.24, 2.45) is 23.7 Å². The Morgan fingerprint density at radius 2 is 1.59 bits per heavy atom. The summed E-state index contributed by atoms with van der Waals surface area (Å²) < 4.78 is 0. The van der Waals surface area contributed by atoms with Crippen LogP contribution >= 0.6 is 0 Å². The Morgan fingerprint density at radius 3 is 2.17 bits per heavy atom. The molecule has 0 unspecified atom stereocenters. The summed E-state index contributed by atoms with van der Waals surface area (Å²) in [4.78, 5) is 66.3. The molecule has 2 bridgehead atoms. The van der Waals surface area contributed by atoms with Gasteiger partial charge in [0.25, 0.3) is 11.5 Å². The third-order valence-corrected chi connectivity index (χ3v) is 5.93. The number of carbonyl (C=O) groups is 3. The van der Waals surface area contributed by atoms with Crippen LogP contribution in [0.4, 0.5) is 11.4 Å². The Kier molecular flexibility index (Phi) is 3.67. The number of fused-ring (bicyclic) bond motifs is 5. The first-order valence-corrected chi connectivity index (χ1v) is 9.23. The number of aromatic nitrogens is 2. The number of hydrogen-bond donors (Lipinski definition) is 3. The fourth-order valence-corrected chi connectivity index (χ4v) is 4.62. The number of imide groups is 1. The molecule has 2 fully saturated rings. The molecule has 9 heteroatoms. The van der Waals surface area contributed by atoms with Crippen LogP contribution in [0.5, 0.6) is 0 Å². The first-order chi connectivity index (χ1) is 13.9. The number of nitrogens with one attached hydrogen (secondary N) is 3. The predicted octanol–water partition coefficient (Wildman–Crippen LogP) is 0.627. The number of amides is 3. The number of rotatable bonds is 3. The number of aromatic amines is 2. The Bertz CT molecular complexity index is 1160. The van der Waals surface area contributed by atoms with Gasteiger partial charge in [0.15, 0.2) is 0 Å². The maximum atomic E-state index is 12.8. The highest BCUT2D eigenvalue weighted by Gasteiger charge is 2.59. The zero-order valence-electron chi connectivity index (χ0n) is 15.0. The Labute approximate surface area is 163 Å². The molecule has 3 amide bonds. The molecule has 146 valence electrons. The lowest BCUT2D eigenvalue weighted by Crippen LogP contribution is -2.32. The van der Waals surface area contributed by atoms with Gasteiger partial charge in [-0.25, -0.2) is 4.79 Å². The second-order valence-corrected chi connectivity index (χ2v) is 7.50. The largest absolute Gasteiger partial charge is 0.325 e. The topological polar surface area (TPSA) is 132 Å². The predicted molar refractivity (Wildman–Crippen MR) is 102 cm³/mol. The summed E-state index contributed by atoms with van der Waals surface area (Å²) in [5.41, 5.74) is -0.834. The third kappa shape index (κ3) is 2.58. The molecule has 1 aromatic carbocycles. The van der Waals surface area contributed by atoms with Gasteiger partial charge in [0.05, 0.1) is 17.5 Å². The van der Waals surface area contributed by atoms with E-state index in [1.54, 1.807) is 0 Å². The van der Waals surface area contributed by atoms with E-state index >= 15 is 0 Å². The lowest BCUT2D eigenvalue weighted by Gasteiger charge is -2.17. The smallest absolute Gasteiger partial charge is 0.316 e. The van der Waals surface area contributed by atoms with Crippen molar-refractivity contribution < 1.29 is 14.4 Å². The van der Waals surface area contributed by atoms with Crippen molar-refractivity contribution in [3.63, 3.8) is 0 Å². The minimum absolute atomic E-state index is 0.0978. The van der Waals surface area contributed by atoms with Crippen molar-refractivity contribution in [2.45, 2.75) is 6.42 Å². The second-order valence-electron chi connectivity index (χ2n) is 7.50. The van der Waals surface area contributed by atoms with Gasteiger partial charge in [-0.05, 0) is 42.5 Å². The van der Waals surface area contributed by atoms with E-state index in [0.717, 1.165) is 12.6 Å². The fourth-order valence-electron chi connectivity index (χ4n) is 4.62. The molecule has 0 radical (unpaired) electrons. The van der Waals surface area contributed by atoms with Crippen LogP contribution in [0.3, 0.4) is 0 Å². The van der Waals surface area contributed by atoms with E-state index in [2.05, 4.69) is 10.3 Å².